The zero-order valence-electron chi connectivity index (χ0n) is 27.8. The zero-order valence-corrected chi connectivity index (χ0v) is 27.8. The molecule has 4 aliphatic heterocycles. The predicted molar refractivity (Wildman–Crippen MR) is 158 cm³/mol. The van der Waals surface area contributed by atoms with Crippen LogP contribution >= 0.6 is 0 Å². The van der Waals surface area contributed by atoms with Crippen molar-refractivity contribution in [3.05, 3.63) is 0 Å². The number of aliphatic hydroxyl groups excluding tert-OH is 10. The number of aliphatic carboxylic acids is 2. The third-order valence-corrected chi connectivity index (χ3v) is 8.94. The van der Waals surface area contributed by atoms with Gasteiger partial charge in [0.2, 0.25) is 11.8 Å². The Bertz CT molecular complexity index is 1300. The zero-order chi connectivity index (χ0) is 39.6. The summed E-state index contributed by atoms with van der Waals surface area (Å²) in [5.74, 6) is -5.28. The molecule has 0 unspecified atom stereocenters. The van der Waals surface area contributed by atoms with Crippen molar-refractivity contribution in [1.29, 1.82) is 0 Å². The first-order valence-corrected chi connectivity index (χ1v) is 16.1. The van der Waals surface area contributed by atoms with Gasteiger partial charge in [-0.1, -0.05) is 0 Å². The molecule has 0 spiro atoms. The highest BCUT2D eigenvalue weighted by Crippen LogP contribution is 2.34. The summed E-state index contributed by atoms with van der Waals surface area (Å²) in [6.45, 7) is 0.116. The van der Waals surface area contributed by atoms with E-state index in [1.54, 1.807) is 0 Å². The van der Waals surface area contributed by atoms with Gasteiger partial charge < -0.3 is 105 Å². The second kappa shape index (κ2) is 17.8. The molecule has 25 heteroatoms. The molecule has 4 heterocycles. The van der Waals surface area contributed by atoms with Gasteiger partial charge in [-0.25, -0.2) is 9.59 Å². The van der Waals surface area contributed by atoms with Crippen molar-refractivity contribution in [1.82, 2.24) is 10.6 Å². The average Bonchev–Trinajstić information content (AvgIpc) is 3.08. The minimum absolute atomic E-state index is 0.752. The Labute approximate surface area is 298 Å². The van der Waals surface area contributed by atoms with Gasteiger partial charge in [-0.15, -0.1) is 0 Å². The summed E-state index contributed by atoms with van der Waals surface area (Å²) in [5.41, 5.74) is 0. The molecular weight excluding hydrogens is 732 g/mol. The maximum atomic E-state index is 12.5. The number of aliphatic hydroxyl groups is 10. The lowest BCUT2D eigenvalue weighted by atomic mass is 9.94. The van der Waals surface area contributed by atoms with Crippen LogP contribution in [0.4, 0.5) is 0 Å². The lowest BCUT2D eigenvalue weighted by molar-refractivity contribution is -0.368. The second-order valence-electron chi connectivity index (χ2n) is 12.7. The van der Waals surface area contributed by atoms with Crippen LogP contribution in [-0.4, -0.2) is 221 Å². The minimum atomic E-state index is -2.30. The molecule has 0 radical (unpaired) electrons. The number of amides is 2. The highest BCUT2D eigenvalue weighted by molar-refractivity contribution is 5.74. The van der Waals surface area contributed by atoms with E-state index < -0.39 is 160 Å². The van der Waals surface area contributed by atoms with Crippen molar-refractivity contribution in [2.45, 2.75) is 137 Å². The van der Waals surface area contributed by atoms with Crippen molar-refractivity contribution in [2.75, 3.05) is 13.2 Å². The lowest BCUT2D eigenvalue weighted by Gasteiger charge is -2.49. The molecule has 4 aliphatic rings. The van der Waals surface area contributed by atoms with Crippen LogP contribution in [0.3, 0.4) is 0 Å². The molecule has 0 aromatic carbocycles. The van der Waals surface area contributed by atoms with Gasteiger partial charge in [-0.05, 0) is 0 Å². The summed E-state index contributed by atoms with van der Waals surface area (Å²) >= 11 is 0. The van der Waals surface area contributed by atoms with Gasteiger partial charge >= 0.3 is 11.9 Å². The van der Waals surface area contributed by atoms with E-state index in [4.69, 9.17) is 33.2 Å². The Hall–Kier alpha value is -2.80. The Morgan fingerprint density at radius 3 is 1.43 bits per heavy atom. The number of hydrogen-bond acceptors (Lipinski definition) is 21. The minimum Gasteiger partial charge on any atom is -0.479 e. The molecule has 2 amide bonds. The number of carboxylic acids is 2. The van der Waals surface area contributed by atoms with E-state index in [9.17, 15) is 80.5 Å². The Morgan fingerprint density at radius 2 is 0.943 bits per heavy atom. The van der Waals surface area contributed by atoms with Crippen molar-refractivity contribution in [3.63, 3.8) is 0 Å². The van der Waals surface area contributed by atoms with E-state index in [0.717, 1.165) is 13.8 Å². The van der Waals surface area contributed by atoms with Crippen LogP contribution in [-0.2, 0) is 52.3 Å². The molecule has 20 atom stereocenters. The molecule has 0 saturated carbocycles. The van der Waals surface area contributed by atoms with E-state index in [0.29, 0.717) is 0 Å². The first kappa shape index (κ1) is 42.9. The number of carbonyl (C=O) groups excluding carboxylic acids is 2. The van der Waals surface area contributed by atoms with Crippen LogP contribution in [0.1, 0.15) is 13.8 Å². The molecule has 0 bridgehead atoms. The van der Waals surface area contributed by atoms with E-state index in [1.165, 1.54) is 0 Å². The van der Waals surface area contributed by atoms with E-state index in [-0.39, 0.29) is 0 Å². The van der Waals surface area contributed by atoms with Gasteiger partial charge in [-0.2, -0.15) is 0 Å². The fourth-order valence-electron chi connectivity index (χ4n) is 6.30. The van der Waals surface area contributed by atoms with Crippen molar-refractivity contribution < 1.29 is 114 Å². The number of nitrogens with one attached hydrogen (secondary N) is 2. The number of carbonyl (C=O) groups is 4. The molecule has 14 N–H and O–H groups in total. The number of ether oxygens (including phenoxy) is 7. The molecule has 4 saturated heterocycles. The van der Waals surface area contributed by atoms with Gasteiger partial charge in [0.05, 0.1) is 13.2 Å². The smallest absolute Gasteiger partial charge is 0.335 e. The normalized spacial score (nSPS) is 46.3. The van der Waals surface area contributed by atoms with Crippen molar-refractivity contribution in [3.8, 4) is 0 Å². The second-order valence-corrected chi connectivity index (χ2v) is 12.7. The van der Waals surface area contributed by atoms with Crippen LogP contribution in [0.15, 0.2) is 0 Å². The maximum Gasteiger partial charge on any atom is 0.335 e. The molecular formula is C28H44N2O23. The van der Waals surface area contributed by atoms with E-state index in [2.05, 4.69) is 10.6 Å². The Morgan fingerprint density at radius 1 is 0.509 bits per heavy atom. The maximum absolute atomic E-state index is 12.5. The summed E-state index contributed by atoms with van der Waals surface area (Å²) in [4.78, 5) is 48.2. The Balaban J connectivity index is 1.62. The average molecular weight is 777 g/mol. The third kappa shape index (κ3) is 9.19. The van der Waals surface area contributed by atoms with E-state index in [1.807, 2.05) is 0 Å². The molecule has 4 fully saturated rings. The fourth-order valence-corrected chi connectivity index (χ4v) is 6.30. The highest BCUT2D eigenvalue weighted by Gasteiger charge is 2.57. The summed E-state index contributed by atoms with van der Waals surface area (Å²) < 4.78 is 38.0. The number of carboxylic acid groups (broad SMARTS) is 2. The number of hydrogen-bond donors (Lipinski definition) is 14. The van der Waals surface area contributed by atoms with Crippen molar-refractivity contribution >= 4 is 23.8 Å². The SMILES string of the molecule is CC(=O)N[C@@H]1[C@@H](O[C@@H]2O[C@@H](C(=O)O)[C@@H](O[C@@H]3O[C@H](CO)[C@@H](O)[C@@H](O[C@H]4O[C@H](C(=O)O)[C@H](O)[C@H](O)[C@H]4O)[C@H]3NC(C)=O)[C@H](O)[C@H]2O)[C@H](O)[C@@H](CO)O[C@H]1O. The van der Waals surface area contributed by atoms with Gasteiger partial charge in [0.25, 0.3) is 0 Å². The van der Waals surface area contributed by atoms with Gasteiger partial charge in [0.1, 0.15) is 85.3 Å². The van der Waals surface area contributed by atoms with Gasteiger partial charge in [0, 0.05) is 13.8 Å². The predicted octanol–water partition coefficient (Wildman–Crippen LogP) is -9.28. The van der Waals surface area contributed by atoms with E-state index >= 15 is 0 Å². The van der Waals surface area contributed by atoms with Crippen LogP contribution in [0, 0.1) is 0 Å². The van der Waals surface area contributed by atoms with Gasteiger partial charge in [0.15, 0.2) is 37.4 Å². The molecule has 0 aliphatic carbocycles. The molecule has 0 aromatic rings. The van der Waals surface area contributed by atoms with Crippen LogP contribution in [0.25, 0.3) is 0 Å². The topological polar surface area (TPSA) is 400 Å². The molecule has 53 heavy (non-hydrogen) atoms. The molecule has 4 rings (SSSR count). The standard InChI is InChI=1S/C28H44N2O23/c1-5(33)29-9-18(11(35)7(3-31)47-25(9)46)49-28-17(41)15(39)20(22(53-28)24(44)45)51-26-10(30-6(2)34)19(12(36)8(4-32)48-26)50-27-16(40)13(37)14(38)21(52-27)23(42)43/h7-22,25-28,31-32,35-41,46H,3-4H2,1-2H3,(H,29,33)(H,30,34)(H,42,43)(H,44,45)/t7-,8-,9-,10-,11-,12-,13+,14-,15-,16-,17-,18-,19+,20+,21+,22-,25-,26+,27+,28-/m1/s1. The first-order valence-electron chi connectivity index (χ1n) is 16.1. The quantitative estimate of drug-likeness (QED) is 0.0875. The molecule has 304 valence electrons. The highest BCUT2D eigenvalue weighted by atomic mass is 16.8. The monoisotopic (exact) mass is 776 g/mol. The number of rotatable bonds is 12. The van der Waals surface area contributed by atoms with Gasteiger partial charge in [-0.3, -0.25) is 9.59 Å². The molecule has 0 aromatic heterocycles. The molecule has 25 nitrogen and oxygen atoms in total. The fraction of sp³-hybridized carbons (Fsp3) is 0.857. The summed E-state index contributed by atoms with van der Waals surface area (Å²) in [6.07, 6.45) is -36.5. The summed E-state index contributed by atoms with van der Waals surface area (Å²) in [5, 5.41) is 129. The van der Waals surface area contributed by atoms with Crippen molar-refractivity contribution in [2.24, 2.45) is 0 Å². The summed E-state index contributed by atoms with van der Waals surface area (Å²) in [6, 6.07) is -3.38. The van der Waals surface area contributed by atoms with Crippen LogP contribution < -0.4 is 10.6 Å². The first-order chi connectivity index (χ1) is 24.8. The Kier molecular flexibility index (Phi) is 14.4. The third-order valence-electron chi connectivity index (χ3n) is 8.94. The summed E-state index contributed by atoms with van der Waals surface area (Å²) in [7, 11) is 0. The van der Waals surface area contributed by atoms with Crippen LogP contribution in [0.5, 0.6) is 0 Å². The van der Waals surface area contributed by atoms with Crippen LogP contribution in [0.2, 0.25) is 0 Å². The lowest BCUT2D eigenvalue weighted by Crippen LogP contribution is -2.70. The largest absolute Gasteiger partial charge is 0.479 e.